The number of aromatic amines is 1. The molecule has 3 rings (SSSR count). The predicted octanol–water partition coefficient (Wildman–Crippen LogP) is 4.63. The summed E-state index contributed by atoms with van der Waals surface area (Å²) in [4.78, 5) is 22.6. The van der Waals surface area contributed by atoms with Crippen LogP contribution in [0.1, 0.15) is 19.0 Å². The molecule has 0 spiro atoms. The molecule has 0 aliphatic carbocycles. The fourth-order valence-electron chi connectivity index (χ4n) is 2.69. The van der Waals surface area contributed by atoms with Gasteiger partial charge in [-0.25, -0.2) is 14.7 Å². The first-order valence-electron chi connectivity index (χ1n) is 9.36. The van der Waals surface area contributed by atoms with Crippen molar-refractivity contribution in [1.29, 1.82) is 0 Å². The van der Waals surface area contributed by atoms with Crippen molar-refractivity contribution in [2.45, 2.75) is 19.5 Å². The van der Waals surface area contributed by atoms with Crippen LogP contribution in [0.4, 0.5) is 17.6 Å². The largest absolute Gasteiger partial charge is 0.433 e. The molecule has 0 unspecified atom stereocenters. The first kappa shape index (κ1) is 22.7. The number of aliphatic imine (C=N–C) groups is 2. The summed E-state index contributed by atoms with van der Waals surface area (Å²) in [6, 6.07) is 4.15. The first-order chi connectivity index (χ1) is 15.3. The van der Waals surface area contributed by atoms with E-state index in [-0.39, 0.29) is 23.5 Å². The molecular formula is C21H18F4N6O. The molecule has 32 heavy (non-hydrogen) atoms. The van der Waals surface area contributed by atoms with Crippen molar-refractivity contribution in [2.75, 3.05) is 0 Å². The number of amidine groups is 1. The van der Waals surface area contributed by atoms with E-state index in [1.54, 1.807) is 31.3 Å². The van der Waals surface area contributed by atoms with Crippen molar-refractivity contribution in [3.05, 3.63) is 72.4 Å². The maximum atomic E-state index is 13.5. The maximum absolute atomic E-state index is 13.5. The lowest BCUT2D eigenvalue weighted by Crippen LogP contribution is -2.30. The normalized spacial score (nSPS) is 15.2. The molecule has 0 atom stereocenters. The summed E-state index contributed by atoms with van der Waals surface area (Å²) >= 11 is 0. The molecule has 3 heterocycles. The van der Waals surface area contributed by atoms with E-state index in [9.17, 15) is 22.4 Å². The highest BCUT2D eigenvalue weighted by molar-refractivity contribution is 6.12. The Morgan fingerprint density at radius 3 is 2.88 bits per heavy atom. The molecule has 2 N–H and O–H groups in total. The number of aromatic nitrogens is 3. The number of nitrogens with zero attached hydrogens (tertiary/aromatic N) is 4. The van der Waals surface area contributed by atoms with Crippen LogP contribution in [0.3, 0.4) is 0 Å². The fraction of sp³-hybridized carbons (Fsp3) is 0.143. The van der Waals surface area contributed by atoms with Crippen molar-refractivity contribution in [3.63, 3.8) is 0 Å². The quantitative estimate of drug-likeness (QED) is 0.399. The van der Waals surface area contributed by atoms with Crippen molar-refractivity contribution in [2.24, 2.45) is 9.98 Å². The topological polar surface area (TPSA) is 87.4 Å². The summed E-state index contributed by atoms with van der Waals surface area (Å²) in [6.45, 7) is 1.67. The molecular weight excluding hydrogens is 428 g/mol. The Kier molecular flexibility index (Phi) is 6.98. The Hall–Kier alpha value is -4.02. The Morgan fingerprint density at radius 1 is 1.38 bits per heavy atom. The zero-order valence-corrected chi connectivity index (χ0v) is 16.8. The summed E-state index contributed by atoms with van der Waals surface area (Å²) in [5, 5.41) is 6.43. The lowest BCUT2D eigenvalue weighted by molar-refractivity contribution is -0.142. The van der Waals surface area contributed by atoms with E-state index in [1.165, 1.54) is 18.4 Å². The third-order valence-electron chi connectivity index (χ3n) is 4.11. The Bertz CT molecular complexity index is 1150. The van der Waals surface area contributed by atoms with Crippen LogP contribution in [0.2, 0.25) is 0 Å². The van der Waals surface area contributed by atoms with Gasteiger partial charge in [0.15, 0.2) is 0 Å². The van der Waals surface area contributed by atoms with E-state index in [0.29, 0.717) is 10.4 Å². The van der Waals surface area contributed by atoms with Crippen molar-refractivity contribution >= 4 is 23.9 Å². The number of H-pyrrole nitrogens is 1. The minimum Gasteiger partial charge on any atom is -0.360 e. The highest BCUT2D eigenvalue weighted by Crippen LogP contribution is 2.32. The zero-order valence-electron chi connectivity index (χ0n) is 16.8. The monoisotopic (exact) mass is 446 g/mol. The molecule has 0 aromatic carbocycles. The van der Waals surface area contributed by atoms with Gasteiger partial charge in [-0.05, 0) is 37.6 Å². The predicted molar refractivity (Wildman–Crippen MR) is 113 cm³/mol. The van der Waals surface area contributed by atoms with Gasteiger partial charge in [-0.2, -0.15) is 22.7 Å². The van der Waals surface area contributed by atoms with Crippen LogP contribution < -0.4 is 5.32 Å². The van der Waals surface area contributed by atoms with Crippen LogP contribution in [0.25, 0.3) is 17.6 Å². The summed E-state index contributed by atoms with van der Waals surface area (Å²) in [5.41, 5.74) is -0.344. The SMILES string of the molecule is C\C=C/C(=N\C=C\n1nc(-c2ccc[nH]2)cc1C(F)(F)F)NC(=O)C1=CC(F)=NC=CC1. The molecule has 2 aromatic rings. The second-order valence-corrected chi connectivity index (χ2v) is 6.42. The van der Waals surface area contributed by atoms with Gasteiger partial charge in [0, 0.05) is 36.4 Å². The smallest absolute Gasteiger partial charge is 0.360 e. The first-order valence-corrected chi connectivity index (χ1v) is 9.36. The van der Waals surface area contributed by atoms with Crippen molar-refractivity contribution < 1.29 is 22.4 Å². The molecule has 11 heteroatoms. The number of nitrogens with one attached hydrogen (secondary N) is 2. The molecule has 0 radical (unpaired) electrons. The Balaban J connectivity index is 1.83. The van der Waals surface area contributed by atoms with E-state index in [0.717, 1.165) is 24.5 Å². The number of allylic oxidation sites excluding steroid dienone is 3. The van der Waals surface area contributed by atoms with E-state index < -0.39 is 23.7 Å². The van der Waals surface area contributed by atoms with Gasteiger partial charge in [-0.15, -0.1) is 0 Å². The number of alkyl halides is 3. The average molecular weight is 446 g/mol. The number of carbonyl (C=O) groups excluding carboxylic acids is 1. The number of hydrogen-bond donors (Lipinski definition) is 2. The average Bonchev–Trinajstić information content (AvgIpc) is 3.35. The van der Waals surface area contributed by atoms with Gasteiger partial charge in [0.25, 0.3) is 5.91 Å². The molecule has 1 amide bonds. The fourth-order valence-corrected chi connectivity index (χ4v) is 2.69. The van der Waals surface area contributed by atoms with Gasteiger partial charge in [0.05, 0.1) is 5.69 Å². The molecule has 166 valence electrons. The summed E-state index contributed by atoms with van der Waals surface area (Å²) < 4.78 is 54.3. The number of halogens is 4. The van der Waals surface area contributed by atoms with Gasteiger partial charge in [0.2, 0.25) is 5.97 Å². The van der Waals surface area contributed by atoms with Crippen LogP contribution in [-0.4, -0.2) is 32.5 Å². The second kappa shape index (κ2) is 9.86. The number of amides is 1. The molecule has 1 aliphatic heterocycles. The highest BCUT2D eigenvalue weighted by Gasteiger charge is 2.35. The molecule has 0 saturated heterocycles. The number of carbonyl (C=O) groups is 1. The minimum atomic E-state index is -4.64. The highest BCUT2D eigenvalue weighted by atomic mass is 19.4. The summed E-state index contributed by atoms with van der Waals surface area (Å²) in [6.07, 6.45) is 5.97. The van der Waals surface area contributed by atoms with E-state index in [4.69, 9.17) is 0 Å². The lowest BCUT2D eigenvalue weighted by Gasteiger charge is -2.07. The van der Waals surface area contributed by atoms with Crippen LogP contribution >= 0.6 is 0 Å². The Morgan fingerprint density at radius 2 is 2.19 bits per heavy atom. The van der Waals surface area contributed by atoms with Gasteiger partial charge in [-0.1, -0.05) is 12.2 Å². The van der Waals surface area contributed by atoms with Crippen molar-refractivity contribution in [1.82, 2.24) is 20.1 Å². The van der Waals surface area contributed by atoms with Crippen molar-refractivity contribution in [3.8, 4) is 11.4 Å². The Labute approximate surface area is 180 Å². The minimum absolute atomic E-state index is 0.0468. The van der Waals surface area contributed by atoms with E-state index in [2.05, 4.69) is 25.4 Å². The maximum Gasteiger partial charge on any atom is 0.433 e. The summed E-state index contributed by atoms with van der Waals surface area (Å²) in [5.74, 6) is -1.38. The number of rotatable bonds is 5. The van der Waals surface area contributed by atoms with E-state index in [1.807, 2.05) is 0 Å². The molecule has 1 aliphatic rings. The zero-order chi connectivity index (χ0) is 23.1. The molecule has 0 fully saturated rings. The third-order valence-corrected chi connectivity index (χ3v) is 4.11. The van der Waals surface area contributed by atoms with Gasteiger partial charge in [0.1, 0.15) is 17.2 Å². The van der Waals surface area contributed by atoms with Gasteiger partial charge < -0.3 is 10.3 Å². The molecule has 0 bridgehead atoms. The van der Waals surface area contributed by atoms with Crippen LogP contribution in [0, 0.1) is 0 Å². The molecule has 2 aromatic heterocycles. The van der Waals surface area contributed by atoms with E-state index >= 15 is 0 Å². The van der Waals surface area contributed by atoms with Crippen LogP contribution in [0.5, 0.6) is 0 Å². The lowest BCUT2D eigenvalue weighted by atomic mass is 10.1. The molecule has 0 saturated carbocycles. The van der Waals surface area contributed by atoms with Gasteiger partial charge in [-0.3, -0.25) is 4.79 Å². The number of hydrogen-bond acceptors (Lipinski definition) is 4. The van der Waals surface area contributed by atoms with Crippen LogP contribution in [-0.2, 0) is 11.0 Å². The standard InChI is InChI=1S/C21H18F4N6O/c1-2-5-19(29-20(32)14-6-3-9-27-18(22)12-14)28-10-11-31-17(21(23,24)25)13-16(30-31)15-7-4-8-26-15/h2-5,7-13,26H,6H2,1H3,(H,28,29,32)/b5-2-,11-10+. The van der Waals surface area contributed by atoms with Crippen LogP contribution in [0.15, 0.2) is 76.7 Å². The third kappa shape index (κ3) is 5.78. The summed E-state index contributed by atoms with van der Waals surface area (Å²) in [7, 11) is 0. The van der Waals surface area contributed by atoms with Gasteiger partial charge >= 0.3 is 6.18 Å². The molecule has 7 nitrogen and oxygen atoms in total. The second-order valence-electron chi connectivity index (χ2n) is 6.42.